The Morgan fingerprint density at radius 3 is 2.39 bits per heavy atom. The van der Waals surface area contributed by atoms with Gasteiger partial charge in [0.05, 0.1) is 0 Å². The van der Waals surface area contributed by atoms with Crippen molar-refractivity contribution in [2.24, 2.45) is 10.9 Å². The molecule has 1 saturated carbocycles. The molecule has 0 aromatic heterocycles. The Bertz CT molecular complexity index is 1100. The molecule has 1 fully saturated rings. The van der Waals surface area contributed by atoms with Gasteiger partial charge in [-0.15, -0.1) is 0 Å². The van der Waals surface area contributed by atoms with E-state index in [2.05, 4.69) is 87.4 Å². The molecule has 0 unspecified atom stereocenters. The molecule has 0 spiro atoms. The van der Waals surface area contributed by atoms with Crippen molar-refractivity contribution < 1.29 is 7.65 Å². The van der Waals surface area contributed by atoms with Crippen LogP contribution in [0.2, 0.25) is 0 Å². The van der Waals surface area contributed by atoms with E-state index < -0.39 is 0 Å². The Hall–Kier alpha value is -2.94. The molecule has 1 heterocycles. The Balaban J connectivity index is 0.00000291. The number of Topliss-reactive ketones (excluding diaryl/α,β-unsaturated/α-hetero) is 1. The number of unbranched alkanes of at least 4 members (excludes halogenated alkanes) is 1. The van der Waals surface area contributed by atoms with Gasteiger partial charge in [-0.1, -0.05) is 94.5 Å². The van der Waals surface area contributed by atoms with Crippen molar-refractivity contribution in [1.29, 1.82) is 0 Å². The van der Waals surface area contributed by atoms with Gasteiger partial charge in [0.1, 0.15) is 5.82 Å². The molecule has 0 saturated heterocycles. The van der Waals surface area contributed by atoms with Gasteiger partial charge in [-0.25, -0.2) is 4.99 Å². The van der Waals surface area contributed by atoms with Gasteiger partial charge < -0.3 is 4.90 Å². The van der Waals surface area contributed by atoms with Crippen LogP contribution >= 0.6 is 0 Å². The van der Waals surface area contributed by atoms with Crippen molar-refractivity contribution in [3.05, 3.63) is 88.9 Å². The number of benzene rings is 1. The zero-order chi connectivity index (χ0) is 27.9. The minimum atomic E-state index is 0. The zero-order valence-corrected chi connectivity index (χ0v) is 25.0. The van der Waals surface area contributed by atoms with Crippen molar-refractivity contribution >= 4 is 17.1 Å². The van der Waals surface area contributed by atoms with E-state index in [0.29, 0.717) is 0 Å². The summed E-state index contributed by atoms with van der Waals surface area (Å²) in [5, 5.41) is 0. The zero-order valence-electron chi connectivity index (χ0n) is 25.0. The first-order valence-electron chi connectivity index (χ1n) is 14.7. The van der Waals surface area contributed by atoms with Crippen LogP contribution in [0.15, 0.2) is 77.2 Å². The smallest absolute Gasteiger partial charge is 0.160 e. The van der Waals surface area contributed by atoms with E-state index in [0.717, 1.165) is 59.0 Å². The summed E-state index contributed by atoms with van der Waals surface area (Å²) >= 11 is 0. The third kappa shape index (κ3) is 9.42. The number of aliphatic imine (C=N–C) groups is 1. The summed E-state index contributed by atoms with van der Waals surface area (Å²) in [6, 6.07) is 6.12. The number of carbonyl (C=O) groups excluding carboxylic acids is 1. The van der Waals surface area contributed by atoms with Crippen molar-refractivity contribution in [2.45, 2.75) is 99.3 Å². The van der Waals surface area contributed by atoms with Crippen molar-refractivity contribution in [2.75, 3.05) is 7.05 Å². The summed E-state index contributed by atoms with van der Waals surface area (Å²) < 4.78 is 0. The van der Waals surface area contributed by atoms with Gasteiger partial charge in [-0.3, -0.25) is 4.79 Å². The molecule has 3 nitrogen and oxygen atoms in total. The molecule has 3 heteroatoms. The highest BCUT2D eigenvalue weighted by Crippen LogP contribution is 2.33. The number of rotatable bonds is 10. The fourth-order valence-electron chi connectivity index (χ4n) is 5.07. The van der Waals surface area contributed by atoms with E-state index in [1.54, 1.807) is 6.92 Å². The average molecular weight is 519 g/mol. The molecule has 0 amide bonds. The number of nitrogens with zero attached hydrogens (tertiary/aromatic N) is 2. The van der Waals surface area contributed by atoms with Gasteiger partial charge in [0, 0.05) is 32.4 Å². The molecule has 0 N–H and O–H groups in total. The van der Waals surface area contributed by atoms with Crippen LogP contribution in [0.25, 0.3) is 5.57 Å². The second-order valence-corrected chi connectivity index (χ2v) is 10.5. The lowest BCUT2D eigenvalue weighted by Gasteiger charge is -2.28. The maximum Gasteiger partial charge on any atom is 0.160 e. The molecule has 2 aliphatic rings. The Morgan fingerprint density at radius 2 is 1.79 bits per heavy atom. The molecule has 0 radical (unpaired) electrons. The molecule has 210 valence electrons. The third-order valence-corrected chi connectivity index (χ3v) is 7.07. The van der Waals surface area contributed by atoms with Gasteiger partial charge in [0.25, 0.3) is 0 Å². The summed E-state index contributed by atoms with van der Waals surface area (Å²) in [5.74, 6) is 1.91. The first kappa shape index (κ1) is 31.3. The number of hydrogen-bond acceptors (Lipinski definition) is 3. The van der Waals surface area contributed by atoms with Crippen LogP contribution in [0.1, 0.15) is 117 Å². The monoisotopic (exact) mass is 518 g/mol. The van der Waals surface area contributed by atoms with Gasteiger partial charge in [0.15, 0.2) is 5.78 Å². The summed E-state index contributed by atoms with van der Waals surface area (Å²) in [5.41, 5.74) is 6.29. The first-order chi connectivity index (χ1) is 18.4. The predicted molar refractivity (Wildman–Crippen MR) is 171 cm³/mol. The molecule has 0 atom stereocenters. The number of ketones is 1. The van der Waals surface area contributed by atoms with Crippen LogP contribution < -0.4 is 0 Å². The van der Waals surface area contributed by atoms with Crippen LogP contribution in [0.3, 0.4) is 0 Å². The topological polar surface area (TPSA) is 32.7 Å². The summed E-state index contributed by atoms with van der Waals surface area (Å²) in [4.78, 5) is 19.4. The predicted octanol–water partition coefficient (Wildman–Crippen LogP) is 10.5. The van der Waals surface area contributed by atoms with Crippen LogP contribution in [-0.2, 0) is 0 Å². The number of likely N-dealkylation sites (N-methyl/N-ethyl adjacent to an activating group) is 1. The Kier molecular flexibility index (Phi) is 13.8. The SMILES string of the molecule is CC=CCC/C=C/C1=CC(CCC2CCCC2)=N/C(=C(/C=C/C)c2ccc(C(C)=O)c(C)c2)N1C.CCC.[HH].[HH]. The molecule has 3 rings (SSSR count). The van der Waals surface area contributed by atoms with Crippen molar-refractivity contribution in [1.82, 2.24) is 4.90 Å². The number of hydrogen-bond donors (Lipinski definition) is 0. The van der Waals surface area contributed by atoms with E-state index in [1.807, 2.05) is 19.9 Å². The number of allylic oxidation sites excluding steroid dienone is 8. The minimum Gasteiger partial charge on any atom is -0.329 e. The summed E-state index contributed by atoms with van der Waals surface area (Å²) in [6.45, 7) is 12.0. The van der Waals surface area contributed by atoms with E-state index >= 15 is 0 Å². The molecular formula is C35H54N2O. The van der Waals surface area contributed by atoms with Gasteiger partial charge in [0.2, 0.25) is 0 Å². The fraction of sp³-hybridized carbons (Fsp3) is 0.486. The molecule has 1 aromatic carbocycles. The van der Waals surface area contributed by atoms with E-state index in [9.17, 15) is 4.79 Å². The highest BCUT2D eigenvalue weighted by atomic mass is 16.1. The summed E-state index contributed by atoms with van der Waals surface area (Å²) in [6.07, 6.45) is 26.4. The quantitative estimate of drug-likeness (QED) is 0.175. The van der Waals surface area contributed by atoms with Crippen LogP contribution in [0.4, 0.5) is 0 Å². The summed E-state index contributed by atoms with van der Waals surface area (Å²) in [7, 11) is 2.11. The maximum atomic E-state index is 12.0. The molecular weight excluding hydrogens is 464 g/mol. The molecule has 1 aromatic rings. The van der Waals surface area contributed by atoms with Crippen LogP contribution in [-0.4, -0.2) is 23.4 Å². The number of aryl methyl sites for hydroxylation is 1. The van der Waals surface area contributed by atoms with E-state index in [4.69, 9.17) is 4.99 Å². The lowest BCUT2D eigenvalue weighted by molar-refractivity contribution is 0.101. The highest BCUT2D eigenvalue weighted by Gasteiger charge is 2.21. The molecule has 1 aliphatic carbocycles. The van der Waals surface area contributed by atoms with Crippen LogP contribution in [0, 0.1) is 12.8 Å². The normalized spacial score (nSPS) is 17.7. The van der Waals surface area contributed by atoms with Gasteiger partial charge in [-0.05, 0) is 82.6 Å². The maximum absolute atomic E-state index is 12.0. The lowest BCUT2D eigenvalue weighted by atomic mass is 9.96. The first-order valence-corrected chi connectivity index (χ1v) is 14.7. The van der Waals surface area contributed by atoms with E-state index in [1.165, 1.54) is 44.2 Å². The van der Waals surface area contributed by atoms with Gasteiger partial charge in [-0.2, -0.15) is 0 Å². The van der Waals surface area contributed by atoms with Crippen molar-refractivity contribution in [3.63, 3.8) is 0 Å². The standard InChI is InChI=1S/C32H42N2O.C3H8.2H2/c1-6-8-9-10-11-17-29-23-28(20-18-26-15-12-13-16-26)33-32(34(29)5)31(14-7-2)27-19-21-30(25(4)35)24(3)22-27;1-3-2;;/h6-8,11,14,17,19,21-23,26H,9-10,12-13,15-16,18,20H2,1-5H3;3H2,1-2H3;2*1H/b8-6?,14-7+,17-11+,32-31+;;;. The number of carbonyl (C=O) groups is 1. The second-order valence-electron chi connectivity index (χ2n) is 10.5. The Morgan fingerprint density at radius 1 is 1.11 bits per heavy atom. The third-order valence-electron chi connectivity index (χ3n) is 7.07. The molecule has 1 aliphatic heterocycles. The minimum absolute atomic E-state index is 0. The largest absolute Gasteiger partial charge is 0.329 e. The Labute approximate surface area is 235 Å². The molecule has 38 heavy (non-hydrogen) atoms. The van der Waals surface area contributed by atoms with Crippen molar-refractivity contribution in [3.8, 4) is 0 Å². The molecule has 0 bridgehead atoms. The van der Waals surface area contributed by atoms with Crippen LogP contribution in [0.5, 0.6) is 0 Å². The van der Waals surface area contributed by atoms with E-state index in [-0.39, 0.29) is 8.64 Å². The fourth-order valence-corrected chi connectivity index (χ4v) is 5.07. The second kappa shape index (κ2) is 16.8. The van der Waals surface area contributed by atoms with Gasteiger partial charge >= 0.3 is 0 Å². The highest BCUT2D eigenvalue weighted by molar-refractivity contribution is 5.99. The average Bonchev–Trinajstić information content (AvgIpc) is 3.41. The lowest BCUT2D eigenvalue weighted by Crippen LogP contribution is -2.22.